The lowest BCUT2D eigenvalue weighted by atomic mass is 10.0. The number of aromatic nitrogens is 2. The molecule has 2 rings (SSSR count). The van der Waals surface area contributed by atoms with Crippen molar-refractivity contribution in [1.82, 2.24) is 9.97 Å². The van der Waals surface area contributed by atoms with Crippen molar-refractivity contribution in [2.24, 2.45) is 0 Å². The number of anilines is 2. The predicted molar refractivity (Wildman–Crippen MR) is 83.1 cm³/mol. The lowest BCUT2D eigenvalue weighted by molar-refractivity contribution is 0.888. The minimum Gasteiger partial charge on any atom is -0.368 e. The van der Waals surface area contributed by atoms with Crippen LogP contribution in [-0.2, 0) is 0 Å². The zero-order valence-electron chi connectivity index (χ0n) is 11.2. The van der Waals surface area contributed by atoms with Crippen molar-refractivity contribution in [1.29, 1.82) is 0 Å². The summed E-state index contributed by atoms with van der Waals surface area (Å²) in [5, 5.41) is 3.31. The molecule has 3 N–H and O–H groups in total. The van der Waals surface area contributed by atoms with Gasteiger partial charge in [-0.15, -0.1) is 0 Å². The number of nitrogens with two attached hydrogens (primary N) is 1. The molecule has 0 aliphatic heterocycles. The molecule has 19 heavy (non-hydrogen) atoms. The van der Waals surface area contributed by atoms with Gasteiger partial charge in [0.1, 0.15) is 5.82 Å². The van der Waals surface area contributed by atoms with Crippen LogP contribution < -0.4 is 11.1 Å². The van der Waals surface area contributed by atoms with E-state index in [2.05, 4.69) is 64.1 Å². The fourth-order valence-electron chi connectivity index (χ4n) is 1.91. The average molecular weight is 321 g/mol. The van der Waals surface area contributed by atoms with Crippen molar-refractivity contribution in [2.75, 3.05) is 11.1 Å². The van der Waals surface area contributed by atoms with E-state index in [1.54, 1.807) is 6.20 Å². The molecule has 1 heterocycles. The van der Waals surface area contributed by atoms with Crippen LogP contribution in [0, 0.1) is 6.92 Å². The largest absolute Gasteiger partial charge is 0.368 e. The number of nitrogens with zero attached hydrogens (tertiary/aromatic N) is 2. The second-order valence-corrected chi connectivity index (χ2v) is 5.66. The first-order chi connectivity index (χ1) is 8.97. The van der Waals surface area contributed by atoms with Crippen LogP contribution in [0.25, 0.3) is 11.1 Å². The Morgan fingerprint density at radius 2 is 2.00 bits per heavy atom. The van der Waals surface area contributed by atoms with Crippen LogP contribution in [0.2, 0.25) is 0 Å². The van der Waals surface area contributed by atoms with Crippen molar-refractivity contribution < 1.29 is 0 Å². The quantitative estimate of drug-likeness (QED) is 0.906. The van der Waals surface area contributed by atoms with Gasteiger partial charge in [-0.1, -0.05) is 22.0 Å². The van der Waals surface area contributed by atoms with Crippen molar-refractivity contribution in [3.63, 3.8) is 0 Å². The number of halogens is 1. The molecule has 0 atom stereocenters. The Balaban J connectivity index is 2.54. The number of hydrogen-bond donors (Lipinski definition) is 2. The van der Waals surface area contributed by atoms with Crippen LogP contribution in [0.5, 0.6) is 0 Å². The van der Waals surface area contributed by atoms with E-state index in [0.717, 1.165) is 27.0 Å². The molecule has 0 aliphatic carbocycles. The highest BCUT2D eigenvalue weighted by Gasteiger charge is 2.11. The van der Waals surface area contributed by atoms with Gasteiger partial charge in [0.2, 0.25) is 5.95 Å². The summed E-state index contributed by atoms with van der Waals surface area (Å²) in [7, 11) is 0. The Morgan fingerprint density at radius 1 is 1.26 bits per heavy atom. The van der Waals surface area contributed by atoms with E-state index >= 15 is 0 Å². The molecule has 0 spiro atoms. The van der Waals surface area contributed by atoms with Crippen molar-refractivity contribution in [2.45, 2.75) is 26.8 Å². The molecule has 0 bridgehead atoms. The maximum Gasteiger partial charge on any atom is 0.221 e. The van der Waals surface area contributed by atoms with E-state index in [4.69, 9.17) is 5.73 Å². The van der Waals surface area contributed by atoms with Crippen LogP contribution >= 0.6 is 15.9 Å². The molecule has 0 unspecified atom stereocenters. The zero-order chi connectivity index (χ0) is 14.0. The predicted octanol–water partition coefficient (Wildman–Crippen LogP) is 3.62. The molecule has 0 saturated carbocycles. The zero-order valence-corrected chi connectivity index (χ0v) is 12.8. The molecular weight excluding hydrogens is 304 g/mol. The van der Waals surface area contributed by atoms with E-state index in [1.165, 1.54) is 0 Å². The lowest BCUT2D eigenvalue weighted by Crippen LogP contribution is -2.13. The Morgan fingerprint density at radius 3 is 2.63 bits per heavy atom. The summed E-state index contributed by atoms with van der Waals surface area (Å²) in [6.45, 7) is 6.20. The van der Waals surface area contributed by atoms with Gasteiger partial charge in [0.15, 0.2) is 0 Å². The number of hydrogen-bond acceptors (Lipinski definition) is 4. The van der Waals surface area contributed by atoms with Gasteiger partial charge in [0.25, 0.3) is 0 Å². The second kappa shape index (κ2) is 5.57. The average Bonchev–Trinajstić information content (AvgIpc) is 2.30. The van der Waals surface area contributed by atoms with Crippen LogP contribution in [0.3, 0.4) is 0 Å². The van der Waals surface area contributed by atoms with E-state index in [0.29, 0.717) is 0 Å². The van der Waals surface area contributed by atoms with E-state index in [9.17, 15) is 0 Å². The fraction of sp³-hybridized carbons (Fsp3) is 0.286. The number of nitrogen functional groups attached to an aromatic ring is 1. The third-order valence-corrected chi connectivity index (χ3v) is 3.20. The van der Waals surface area contributed by atoms with Crippen LogP contribution in [-0.4, -0.2) is 16.0 Å². The normalized spacial score (nSPS) is 10.8. The van der Waals surface area contributed by atoms with E-state index < -0.39 is 0 Å². The Labute approximate surface area is 121 Å². The van der Waals surface area contributed by atoms with E-state index in [1.807, 2.05) is 6.07 Å². The summed E-state index contributed by atoms with van der Waals surface area (Å²) in [4.78, 5) is 8.40. The molecular formula is C14H17BrN4. The third kappa shape index (κ3) is 3.23. The molecule has 0 radical (unpaired) electrons. The number of benzene rings is 1. The summed E-state index contributed by atoms with van der Waals surface area (Å²) < 4.78 is 1.06. The Bertz CT molecular complexity index is 596. The highest BCUT2D eigenvalue weighted by molar-refractivity contribution is 9.10. The van der Waals surface area contributed by atoms with Crippen LogP contribution in [0.15, 0.2) is 28.9 Å². The van der Waals surface area contributed by atoms with Gasteiger partial charge >= 0.3 is 0 Å². The summed E-state index contributed by atoms with van der Waals surface area (Å²) in [6.07, 6.45) is 1.77. The van der Waals surface area contributed by atoms with E-state index in [-0.39, 0.29) is 12.0 Å². The van der Waals surface area contributed by atoms with Gasteiger partial charge in [-0.2, -0.15) is 4.98 Å². The number of rotatable bonds is 3. The first kappa shape index (κ1) is 13.8. The summed E-state index contributed by atoms with van der Waals surface area (Å²) in [5.74, 6) is 1.05. The molecule has 1 aromatic heterocycles. The standard InChI is InChI=1S/C14H17BrN4/c1-8(2)18-13-12(7-17-14(16)19-13)11-5-4-10(15)6-9(11)3/h4-8H,1-3H3,(H3,16,17,18,19). The van der Waals surface area contributed by atoms with Gasteiger partial charge in [0.05, 0.1) is 0 Å². The summed E-state index contributed by atoms with van der Waals surface area (Å²) in [5.41, 5.74) is 8.90. The lowest BCUT2D eigenvalue weighted by Gasteiger charge is -2.15. The summed E-state index contributed by atoms with van der Waals surface area (Å²) in [6, 6.07) is 6.42. The first-order valence-electron chi connectivity index (χ1n) is 6.13. The van der Waals surface area contributed by atoms with Crippen LogP contribution in [0.1, 0.15) is 19.4 Å². The van der Waals surface area contributed by atoms with Gasteiger partial charge in [-0.25, -0.2) is 4.98 Å². The molecule has 0 fully saturated rings. The van der Waals surface area contributed by atoms with Gasteiger partial charge in [-0.3, -0.25) is 0 Å². The first-order valence-corrected chi connectivity index (χ1v) is 6.92. The molecule has 5 heteroatoms. The second-order valence-electron chi connectivity index (χ2n) is 4.75. The smallest absolute Gasteiger partial charge is 0.221 e. The molecule has 1 aromatic carbocycles. The van der Waals surface area contributed by atoms with Crippen molar-refractivity contribution in [3.05, 3.63) is 34.4 Å². The molecule has 100 valence electrons. The monoisotopic (exact) mass is 320 g/mol. The molecule has 0 amide bonds. The maximum atomic E-state index is 5.67. The molecule has 0 saturated heterocycles. The van der Waals surface area contributed by atoms with Gasteiger partial charge in [0, 0.05) is 22.3 Å². The van der Waals surface area contributed by atoms with Crippen molar-refractivity contribution in [3.8, 4) is 11.1 Å². The highest BCUT2D eigenvalue weighted by atomic mass is 79.9. The number of aryl methyl sites for hydroxylation is 1. The molecule has 2 aromatic rings. The fourth-order valence-corrected chi connectivity index (χ4v) is 2.38. The topological polar surface area (TPSA) is 63.8 Å². The minimum absolute atomic E-state index is 0.279. The highest BCUT2D eigenvalue weighted by Crippen LogP contribution is 2.31. The van der Waals surface area contributed by atoms with Gasteiger partial charge in [-0.05, 0) is 44.0 Å². The van der Waals surface area contributed by atoms with Crippen molar-refractivity contribution >= 4 is 27.7 Å². The number of nitrogens with one attached hydrogen (secondary N) is 1. The maximum absolute atomic E-state index is 5.67. The Kier molecular flexibility index (Phi) is 4.04. The SMILES string of the molecule is Cc1cc(Br)ccc1-c1cnc(N)nc1NC(C)C. The third-order valence-electron chi connectivity index (χ3n) is 2.71. The van der Waals surface area contributed by atoms with Gasteiger partial charge < -0.3 is 11.1 Å². The molecule has 4 nitrogen and oxygen atoms in total. The Hall–Kier alpha value is -1.62. The minimum atomic E-state index is 0.279. The molecule has 0 aliphatic rings. The van der Waals surface area contributed by atoms with Crippen LogP contribution in [0.4, 0.5) is 11.8 Å². The summed E-state index contributed by atoms with van der Waals surface area (Å²) >= 11 is 3.47.